The molecule has 0 bridgehead atoms. The lowest BCUT2D eigenvalue weighted by Gasteiger charge is -2.17. The molecule has 1 rings (SSSR count). The van der Waals surface area contributed by atoms with Crippen LogP contribution in [0.4, 0.5) is 0 Å². The largest absolute Gasteiger partial charge is 0.497 e. The highest BCUT2D eigenvalue weighted by Gasteiger charge is 2.15. The molecular weight excluding hydrogens is 232 g/mol. The molecule has 2 N–H and O–H groups in total. The molecule has 0 saturated carbocycles. The molecule has 1 aromatic carbocycles. The van der Waals surface area contributed by atoms with Crippen LogP contribution in [0.15, 0.2) is 18.2 Å². The van der Waals surface area contributed by atoms with Crippen molar-refractivity contribution in [2.24, 2.45) is 0 Å². The van der Waals surface area contributed by atoms with Crippen LogP contribution < -0.4 is 20.1 Å². The van der Waals surface area contributed by atoms with Gasteiger partial charge in [-0.25, -0.2) is 0 Å². The maximum absolute atomic E-state index is 11.5. The van der Waals surface area contributed by atoms with Crippen molar-refractivity contribution in [3.63, 3.8) is 0 Å². The van der Waals surface area contributed by atoms with Crippen LogP contribution in [0.3, 0.4) is 0 Å². The Morgan fingerprint density at radius 2 is 2.11 bits per heavy atom. The standard InChI is InChI=1S/C13H20N2O3/c1-9(13(16)15-3)18-12-7-11(17-4)6-5-10(12)8-14-2/h5-7,9,14H,8H2,1-4H3,(H,15,16). The average molecular weight is 252 g/mol. The first kappa shape index (κ1) is 14.3. The van der Waals surface area contributed by atoms with Crippen molar-refractivity contribution >= 4 is 5.91 Å². The smallest absolute Gasteiger partial charge is 0.260 e. The normalized spacial score (nSPS) is 11.8. The zero-order valence-corrected chi connectivity index (χ0v) is 11.2. The van der Waals surface area contributed by atoms with Crippen molar-refractivity contribution in [3.05, 3.63) is 23.8 Å². The van der Waals surface area contributed by atoms with E-state index in [4.69, 9.17) is 9.47 Å². The van der Waals surface area contributed by atoms with Gasteiger partial charge in [-0.3, -0.25) is 4.79 Å². The van der Waals surface area contributed by atoms with Crippen LogP contribution in [0.2, 0.25) is 0 Å². The monoisotopic (exact) mass is 252 g/mol. The first-order chi connectivity index (χ1) is 8.62. The average Bonchev–Trinajstić information content (AvgIpc) is 2.39. The SMILES string of the molecule is CNCc1ccc(OC)cc1OC(C)C(=O)NC. The molecule has 0 saturated heterocycles. The van der Waals surface area contributed by atoms with E-state index in [-0.39, 0.29) is 5.91 Å². The second-order valence-electron chi connectivity index (χ2n) is 3.88. The number of methoxy groups -OCH3 is 1. The summed E-state index contributed by atoms with van der Waals surface area (Å²) in [6.45, 7) is 2.38. The Balaban J connectivity index is 2.92. The number of amides is 1. The maximum Gasteiger partial charge on any atom is 0.260 e. The van der Waals surface area contributed by atoms with E-state index in [9.17, 15) is 4.79 Å². The van der Waals surface area contributed by atoms with E-state index < -0.39 is 6.10 Å². The predicted octanol–water partition coefficient (Wildman–Crippen LogP) is 0.928. The number of carbonyl (C=O) groups excluding carboxylic acids is 1. The topological polar surface area (TPSA) is 59.6 Å². The molecule has 18 heavy (non-hydrogen) atoms. The van der Waals surface area contributed by atoms with Gasteiger partial charge >= 0.3 is 0 Å². The summed E-state index contributed by atoms with van der Waals surface area (Å²) in [5.74, 6) is 1.20. The maximum atomic E-state index is 11.5. The fourth-order valence-electron chi connectivity index (χ4n) is 1.56. The minimum atomic E-state index is -0.544. The number of rotatable bonds is 6. The van der Waals surface area contributed by atoms with Gasteiger partial charge in [-0.1, -0.05) is 6.07 Å². The molecular formula is C13H20N2O3. The number of benzene rings is 1. The molecule has 0 spiro atoms. The highest BCUT2D eigenvalue weighted by atomic mass is 16.5. The van der Waals surface area contributed by atoms with E-state index in [2.05, 4.69) is 10.6 Å². The van der Waals surface area contributed by atoms with Crippen LogP contribution >= 0.6 is 0 Å². The van der Waals surface area contributed by atoms with Gasteiger partial charge in [0.05, 0.1) is 7.11 Å². The molecule has 1 amide bonds. The van der Waals surface area contributed by atoms with Gasteiger partial charge in [-0.2, -0.15) is 0 Å². The molecule has 1 aromatic rings. The van der Waals surface area contributed by atoms with Gasteiger partial charge in [0.15, 0.2) is 6.10 Å². The van der Waals surface area contributed by atoms with Crippen LogP contribution in [0.25, 0.3) is 0 Å². The van der Waals surface area contributed by atoms with E-state index in [1.54, 1.807) is 27.1 Å². The third kappa shape index (κ3) is 3.63. The van der Waals surface area contributed by atoms with Crippen LogP contribution in [-0.4, -0.2) is 33.2 Å². The second-order valence-corrected chi connectivity index (χ2v) is 3.88. The summed E-state index contributed by atoms with van der Waals surface area (Å²) in [6.07, 6.45) is -0.544. The molecule has 0 fully saturated rings. The number of hydrogen-bond acceptors (Lipinski definition) is 4. The summed E-state index contributed by atoms with van der Waals surface area (Å²) in [5, 5.41) is 5.61. The minimum absolute atomic E-state index is 0.159. The molecule has 1 unspecified atom stereocenters. The minimum Gasteiger partial charge on any atom is -0.497 e. The molecule has 0 aliphatic heterocycles. The lowest BCUT2D eigenvalue weighted by atomic mass is 10.2. The number of hydrogen-bond donors (Lipinski definition) is 2. The number of nitrogens with one attached hydrogen (secondary N) is 2. The summed E-state index contributed by atoms with van der Waals surface area (Å²) >= 11 is 0. The number of ether oxygens (including phenoxy) is 2. The quantitative estimate of drug-likeness (QED) is 0.790. The second kappa shape index (κ2) is 6.86. The van der Waals surface area contributed by atoms with Crippen molar-refractivity contribution in [1.82, 2.24) is 10.6 Å². The van der Waals surface area contributed by atoms with Crippen LogP contribution in [-0.2, 0) is 11.3 Å². The molecule has 0 heterocycles. The first-order valence-electron chi connectivity index (χ1n) is 5.82. The highest BCUT2D eigenvalue weighted by Crippen LogP contribution is 2.25. The summed E-state index contributed by atoms with van der Waals surface area (Å²) in [5.41, 5.74) is 0.981. The molecule has 0 radical (unpaired) electrons. The van der Waals surface area contributed by atoms with Gasteiger partial charge in [-0.05, 0) is 20.0 Å². The zero-order valence-electron chi connectivity index (χ0n) is 11.2. The zero-order chi connectivity index (χ0) is 13.5. The molecule has 0 aromatic heterocycles. The van der Waals surface area contributed by atoms with Crippen LogP contribution in [0.5, 0.6) is 11.5 Å². The van der Waals surface area contributed by atoms with E-state index in [0.29, 0.717) is 18.0 Å². The van der Waals surface area contributed by atoms with Crippen molar-refractivity contribution in [2.75, 3.05) is 21.2 Å². The van der Waals surface area contributed by atoms with Gasteiger partial charge in [0.1, 0.15) is 11.5 Å². The lowest BCUT2D eigenvalue weighted by Crippen LogP contribution is -2.34. The summed E-state index contributed by atoms with van der Waals surface area (Å²) < 4.78 is 10.8. The fraction of sp³-hybridized carbons (Fsp3) is 0.462. The van der Waals surface area contributed by atoms with Gasteiger partial charge in [0.25, 0.3) is 5.91 Å². The Bertz CT molecular complexity index is 407. The van der Waals surface area contributed by atoms with Crippen molar-refractivity contribution in [1.29, 1.82) is 0 Å². The van der Waals surface area contributed by atoms with E-state index in [1.807, 2.05) is 19.2 Å². The number of likely N-dealkylation sites (N-methyl/N-ethyl adjacent to an activating group) is 1. The fourth-order valence-corrected chi connectivity index (χ4v) is 1.56. The molecule has 1 atom stereocenters. The van der Waals surface area contributed by atoms with Crippen molar-refractivity contribution in [3.8, 4) is 11.5 Å². The Hall–Kier alpha value is -1.75. The molecule has 100 valence electrons. The molecule has 5 heteroatoms. The van der Waals surface area contributed by atoms with Gasteiger partial charge in [-0.15, -0.1) is 0 Å². The molecule has 5 nitrogen and oxygen atoms in total. The van der Waals surface area contributed by atoms with Crippen LogP contribution in [0, 0.1) is 0 Å². The Morgan fingerprint density at radius 1 is 1.39 bits per heavy atom. The summed E-state index contributed by atoms with van der Waals surface area (Å²) in [4.78, 5) is 11.5. The Labute approximate surface area is 107 Å². The highest BCUT2D eigenvalue weighted by molar-refractivity contribution is 5.80. The summed E-state index contributed by atoms with van der Waals surface area (Å²) in [7, 11) is 5.04. The Kier molecular flexibility index (Phi) is 5.45. The Morgan fingerprint density at radius 3 is 2.67 bits per heavy atom. The van der Waals surface area contributed by atoms with E-state index in [1.165, 1.54) is 0 Å². The molecule has 0 aliphatic carbocycles. The number of carbonyl (C=O) groups is 1. The van der Waals surface area contributed by atoms with Crippen molar-refractivity contribution in [2.45, 2.75) is 19.6 Å². The van der Waals surface area contributed by atoms with Crippen LogP contribution in [0.1, 0.15) is 12.5 Å². The predicted molar refractivity (Wildman–Crippen MR) is 69.9 cm³/mol. The third-order valence-electron chi connectivity index (χ3n) is 2.56. The third-order valence-corrected chi connectivity index (χ3v) is 2.56. The first-order valence-corrected chi connectivity index (χ1v) is 5.82. The van der Waals surface area contributed by atoms with Crippen molar-refractivity contribution < 1.29 is 14.3 Å². The van der Waals surface area contributed by atoms with Gasteiger partial charge < -0.3 is 20.1 Å². The van der Waals surface area contributed by atoms with E-state index in [0.717, 1.165) is 5.56 Å². The van der Waals surface area contributed by atoms with Gasteiger partial charge in [0.2, 0.25) is 0 Å². The molecule has 0 aliphatic rings. The van der Waals surface area contributed by atoms with Gasteiger partial charge in [0, 0.05) is 25.2 Å². The van der Waals surface area contributed by atoms with E-state index >= 15 is 0 Å². The summed E-state index contributed by atoms with van der Waals surface area (Å²) in [6, 6.07) is 5.57. The lowest BCUT2D eigenvalue weighted by molar-refractivity contribution is -0.126.